The second-order valence-corrected chi connectivity index (χ2v) is 6.82. The van der Waals surface area contributed by atoms with E-state index in [1.807, 2.05) is 0 Å². The molecule has 0 aliphatic rings. The average molecular weight is 460 g/mol. The molecule has 32 heavy (non-hydrogen) atoms. The van der Waals surface area contributed by atoms with Crippen LogP contribution in [0.3, 0.4) is 0 Å². The van der Waals surface area contributed by atoms with Gasteiger partial charge in [-0.25, -0.2) is 4.79 Å². The number of carbonyl (C=O) groups excluding carboxylic acids is 4. The van der Waals surface area contributed by atoms with Gasteiger partial charge in [0.25, 0.3) is 0 Å². The minimum Gasteiger partial charge on any atom is -0.480 e. The highest BCUT2D eigenvalue weighted by Crippen LogP contribution is 2.01. The van der Waals surface area contributed by atoms with Crippen molar-refractivity contribution in [2.24, 2.45) is 22.2 Å². The molecule has 182 valence electrons. The van der Waals surface area contributed by atoms with Gasteiger partial charge in [-0.05, 0) is 26.7 Å². The van der Waals surface area contributed by atoms with Gasteiger partial charge >= 0.3 is 5.97 Å². The number of aliphatic hydroxyl groups excluding tert-OH is 1. The summed E-state index contributed by atoms with van der Waals surface area (Å²) >= 11 is 0. The molecule has 0 radical (unpaired) electrons. The third kappa shape index (κ3) is 11.1. The Balaban J connectivity index is 5.17. The molecule has 0 aliphatic carbocycles. The summed E-state index contributed by atoms with van der Waals surface area (Å²) in [5, 5.41) is 27.1. The molecular formula is C17H32N8O7. The second kappa shape index (κ2) is 14.5. The maximum Gasteiger partial charge on any atom is 0.328 e. The highest BCUT2D eigenvalue weighted by molar-refractivity contribution is 5.94. The van der Waals surface area contributed by atoms with Crippen LogP contribution in [0.1, 0.15) is 26.7 Å². The molecule has 15 heteroatoms. The van der Waals surface area contributed by atoms with E-state index in [4.69, 9.17) is 27.4 Å². The minimum atomic E-state index is -1.54. The van der Waals surface area contributed by atoms with Gasteiger partial charge < -0.3 is 48.7 Å². The Kier molecular flexibility index (Phi) is 13.0. The molecule has 15 nitrogen and oxygen atoms in total. The topological polar surface area (TPSA) is 264 Å². The number of carboxylic acids is 1. The number of carboxylic acid groups (broad SMARTS) is 1. The predicted molar refractivity (Wildman–Crippen MR) is 113 cm³/mol. The molecule has 0 aromatic heterocycles. The largest absolute Gasteiger partial charge is 0.480 e. The number of rotatable bonds is 14. The third-order valence-electron chi connectivity index (χ3n) is 4.08. The van der Waals surface area contributed by atoms with Crippen molar-refractivity contribution in [3.8, 4) is 0 Å². The molecule has 0 rings (SSSR count). The van der Waals surface area contributed by atoms with Gasteiger partial charge in [0.1, 0.15) is 24.2 Å². The summed E-state index contributed by atoms with van der Waals surface area (Å²) in [6.07, 6.45) is 0.390. The number of nitrogens with one attached hydrogen (secondary N) is 4. The molecule has 12 N–H and O–H groups in total. The summed E-state index contributed by atoms with van der Waals surface area (Å²) in [5.41, 5.74) is 15.7. The lowest BCUT2D eigenvalue weighted by Crippen LogP contribution is -2.57. The predicted octanol–water partition coefficient (Wildman–Crippen LogP) is -4.95. The fourth-order valence-electron chi connectivity index (χ4n) is 2.30. The first-order valence-corrected chi connectivity index (χ1v) is 9.72. The van der Waals surface area contributed by atoms with Gasteiger partial charge in [-0.1, -0.05) is 0 Å². The number of nitrogens with zero attached hydrogens (tertiary/aromatic N) is 1. The highest BCUT2D eigenvalue weighted by atomic mass is 16.4. The van der Waals surface area contributed by atoms with Gasteiger partial charge in [0.2, 0.25) is 23.6 Å². The van der Waals surface area contributed by atoms with Crippen LogP contribution in [0.25, 0.3) is 0 Å². The van der Waals surface area contributed by atoms with E-state index >= 15 is 0 Å². The van der Waals surface area contributed by atoms with Crippen LogP contribution in [0, 0.1) is 0 Å². The summed E-state index contributed by atoms with van der Waals surface area (Å²) in [5.74, 6) is -4.42. The summed E-state index contributed by atoms with van der Waals surface area (Å²) in [6.45, 7) is 1.71. The van der Waals surface area contributed by atoms with Crippen molar-refractivity contribution >= 4 is 35.6 Å². The number of aliphatic carboxylic acids is 1. The lowest BCUT2D eigenvalue weighted by atomic mass is 10.1. The van der Waals surface area contributed by atoms with E-state index in [9.17, 15) is 24.0 Å². The average Bonchev–Trinajstić information content (AvgIpc) is 2.72. The van der Waals surface area contributed by atoms with Crippen molar-refractivity contribution in [3.05, 3.63) is 0 Å². The van der Waals surface area contributed by atoms with E-state index in [1.165, 1.54) is 13.8 Å². The van der Waals surface area contributed by atoms with E-state index in [0.29, 0.717) is 6.42 Å². The highest BCUT2D eigenvalue weighted by Gasteiger charge is 2.28. The molecular weight excluding hydrogens is 428 g/mol. The van der Waals surface area contributed by atoms with Crippen molar-refractivity contribution in [2.75, 3.05) is 19.7 Å². The number of hydrogen-bond donors (Lipinski definition) is 9. The minimum absolute atomic E-state index is 0.0919. The lowest BCUT2D eigenvalue weighted by molar-refractivity contribution is -0.143. The standard InChI is InChI=1S/C17H32N8O7/c1-8(22-12(27)6-18)13(28)24-10(4-3-5-21-17(19)20)15(30)23-9(2)14(29)25-11(7-26)16(31)32/h8-11,26H,3-7,18H2,1-2H3,(H,22,27)(H,23,30)(H,24,28)(H,25,29)(H,31,32)(H4,19,20,21). The lowest BCUT2D eigenvalue weighted by Gasteiger charge is -2.23. The van der Waals surface area contributed by atoms with E-state index in [0.717, 1.165) is 0 Å². The van der Waals surface area contributed by atoms with Crippen molar-refractivity contribution in [2.45, 2.75) is 50.9 Å². The molecule has 4 amide bonds. The molecule has 0 saturated carbocycles. The number of nitrogens with two attached hydrogens (primary N) is 3. The van der Waals surface area contributed by atoms with Crippen molar-refractivity contribution in [1.29, 1.82) is 0 Å². The van der Waals surface area contributed by atoms with Gasteiger partial charge in [-0.2, -0.15) is 0 Å². The first-order chi connectivity index (χ1) is 14.9. The molecule has 0 heterocycles. The zero-order valence-electron chi connectivity index (χ0n) is 18.0. The van der Waals surface area contributed by atoms with Crippen LogP contribution in [0.2, 0.25) is 0 Å². The van der Waals surface area contributed by atoms with E-state index < -0.39 is 60.4 Å². The smallest absolute Gasteiger partial charge is 0.328 e. The Hall–Kier alpha value is -3.46. The van der Waals surface area contributed by atoms with Crippen LogP contribution >= 0.6 is 0 Å². The fourth-order valence-corrected chi connectivity index (χ4v) is 2.30. The van der Waals surface area contributed by atoms with Gasteiger partial charge in [0, 0.05) is 6.54 Å². The third-order valence-corrected chi connectivity index (χ3v) is 4.08. The van der Waals surface area contributed by atoms with Crippen LogP contribution in [0.4, 0.5) is 0 Å². The SMILES string of the molecule is CC(NC(=O)CN)C(=O)NC(CCCN=C(N)N)C(=O)NC(C)C(=O)NC(CO)C(=O)O. The zero-order chi connectivity index (χ0) is 24.8. The normalized spacial score (nSPS) is 14.1. The molecule has 0 aromatic rings. The van der Waals surface area contributed by atoms with Crippen LogP contribution in [0.15, 0.2) is 4.99 Å². The Morgan fingerprint density at radius 1 is 0.875 bits per heavy atom. The molecule has 4 unspecified atom stereocenters. The monoisotopic (exact) mass is 460 g/mol. The van der Waals surface area contributed by atoms with Crippen molar-refractivity contribution in [3.63, 3.8) is 0 Å². The molecule has 4 atom stereocenters. The van der Waals surface area contributed by atoms with E-state index in [-0.39, 0.29) is 25.5 Å². The van der Waals surface area contributed by atoms with Gasteiger partial charge in [-0.15, -0.1) is 0 Å². The second-order valence-electron chi connectivity index (χ2n) is 6.82. The summed E-state index contributed by atoms with van der Waals surface area (Å²) < 4.78 is 0. The van der Waals surface area contributed by atoms with E-state index in [2.05, 4.69) is 26.3 Å². The molecule has 0 aromatic carbocycles. The first-order valence-electron chi connectivity index (χ1n) is 9.72. The molecule has 0 aliphatic heterocycles. The maximum atomic E-state index is 12.6. The van der Waals surface area contributed by atoms with Crippen LogP contribution in [0.5, 0.6) is 0 Å². The van der Waals surface area contributed by atoms with E-state index in [1.54, 1.807) is 0 Å². The quantitative estimate of drug-likeness (QED) is 0.0677. The number of aliphatic imine (C=N–C) groups is 1. The number of amides is 4. The Labute approximate surface area is 184 Å². The summed E-state index contributed by atoms with van der Waals surface area (Å²) in [6, 6.07) is -4.82. The molecule has 0 bridgehead atoms. The number of aliphatic hydroxyl groups is 1. The first kappa shape index (κ1) is 28.5. The molecule has 0 saturated heterocycles. The number of carbonyl (C=O) groups is 5. The molecule has 0 fully saturated rings. The fraction of sp³-hybridized carbons (Fsp3) is 0.647. The van der Waals surface area contributed by atoms with Crippen LogP contribution in [-0.4, -0.2) is 89.6 Å². The number of guanidine groups is 1. The van der Waals surface area contributed by atoms with Gasteiger partial charge in [0.15, 0.2) is 5.96 Å². The van der Waals surface area contributed by atoms with Crippen molar-refractivity contribution in [1.82, 2.24) is 21.3 Å². The Morgan fingerprint density at radius 3 is 1.88 bits per heavy atom. The summed E-state index contributed by atoms with van der Waals surface area (Å²) in [4.78, 5) is 63.2. The zero-order valence-corrected chi connectivity index (χ0v) is 18.0. The molecule has 0 spiro atoms. The Morgan fingerprint density at radius 2 is 1.41 bits per heavy atom. The van der Waals surface area contributed by atoms with Crippen LogP contribution < -0.4 is 38.5 Å². The number of hydrogen-bond acceptors (Lipinski definition) is 8. The Bertz CT molecular complexity index is 711. The maximum absolute atomic E-state index is 12.6. The van der Waals surface area contributed by atoms with Crippen molar-refractivity contribution < 1.29 is 34.2 Å². The summed E-state index contributed by atoms with van der Waals surface area (Å²) in [7, 11) is 0. The van der Waals surface area contributed by atoms with Gasteiger partial charge in [-0.3, -0.25) is 24.2 Å². The van der Waals surface area contributed by atoms with Crippen LogP contribution in [-0.2, 0) is 24.0 Å². The van der Waals surface area contributed by atoms with Gasteiger partial charge in [0.05, 0.1) is 13.2 Å².